The van der Waals surface area contributed by atoms with Crippen molar-refractivity contribution >= 4 is 0 Å². The summed E-state index contributed by atoms with van der Waals surface area (Å²) in [5.41, 5.74) is 3.42. The highest BCUT2D eigenvalue weighted by molar-refractivity contribution is 5.35. The molecule has 0 bridgehead atoms. The van der Waals surface area contributed by atoms with Crippen molar-refractivity contribution in [3.63, 3.8) is 0 Å². The Bertz CT molecular complexity index is 702. The molecule has 1 aliphatic heterocycles. The Morgan fingerprint density at radius 2 is 1.57 bits per heavy atom. The van der Waals surface area contributed by atoms with Crippen LogP contribution in [0.4, 0.5) is 0 Å². The molecule has 2 atom stereocenters. The van der Waals surface area contributed by atoms with Crippen LogP contribution in [0.15, 0.2) is 54.6 Å². The first-order valence-corrected chi connectivity index (χ1v) is 10.1. The number of piperazine rings is 1. The van der Waals surface area contributed by atoms with Gasteiger partial charge in [0.15, 0.2) is 0 Å². The summed E-state index contributed by atoms with van der Waals surface area (Å²) < 4.78 is 6.24. The van der Waals surface area contributed by atoms with Crippen molar-refractivity contribution < 1.29 is 14.9 Å². The van der Waals surface area contributed by atoms with E-state index in [1.54, 1.807) is 0 Å². The third kappa shape index (κ3) is 5.87. The van der Waals surface area contributed by atoms with Crippen molar-refractivity contribution in [3.8, 4) is 0 Å². The smallest absolute Gasteiger partial charge is 0.108 e. The van der Waals surface area contributed by atoms with E-state index in [2.05, 4.69) is 41.0 Å². The molecule has 0 amide bonds. The van der Waals surface area contributed by atoms with Crippen molar-refractivity contribution in [2.24, 2.45) is 0 Å². The summed E-state index contributed by atoms with van der Waals surface area (Å²) in [6, 6.07) is 18.4. The molecule has 2 N–H and O–H groups in total. The van der Waals surface area contributed by atoms with Crippen LogP contribution >= 0.6 is 0 Å². The lowest BCUT2D eigenvalue weighted by Crippen LogP contribution is -2.49. The number of aliphatic hydroxyl groups excluding tert-OH is 2. The summed E-state index contributed by atoms with van der Waals surface area (Å²) in [6.45, 7) is 7.64. The zero-order valence-electron chi connectivity index (χ0n) is 16.7. The Morgan fingerprint density at radius 3 is 2.25 bits per heavy atom. The summed E-state index contributed by atoms with van der Waals surface area (Å²) in [5, 5.41) is 19.6. The van der Waals surface area contributed by atoms with Gasteiger partial charge in [-0.25, -0.2) is 0 Å². The lowest BCUT2D eigenvalue weighted by atomic mass is 9.97. The van der Waals surface area contributed by atoms with Crippen LogP contribution in [0.25, 0.3) is 0 Å². The van der Waals surface area contributed by atoms with E-state index in [0.29, 0.717) is 13.2 Å². The van der Waals surface area contributed by atoms with Gasteiger partial charge >= 0.3 is 0 Å². The van der Waals surface area contributed by atoms with Crippen molar-refractivity contribution in [2.45, 2.75) is 19.1 Å². The van der Waals surface area contributed by atoms with Crippen LogP contribution in [0, 0.1) is 6.92 Å². The van der Waals surface area contributed by atoms with Crippen LogP contribution in [0.1, 0.15) is 22.8 Å². The number of β-amino-alcohol motifs (C(OH)–C–C–N with tert-alkyl or cyclic N) is 2. The van der Waals surface area contributed by atoms with E-state index in [-0.39, 0.29) is 12.7 Å². The molecule has 0 unspecified atom stereocenters. The molecule has 3 rings (SSSR count). The number of aryl methyl sites for hydroxylation is 1. The maximum absolute atomic E-state index is 10.6. The molecule has 28 heavy (non-hydrogen) atoms. The van der Waals surface area contributed by atoms with E-state index in [9.17, 15) is 5.11 Å². The van der Waals surface area contributed by atoms with Gasteiger partial charge in [-0.15, -0.1) is 0 Å². The Hall–Kier alpha value is -1.76. The van der Waals surface area contributed by atoms with Gasteiger partial charge in [0.1, 0.15) is 6.10 Å². The molecular weight excluding hydrogens is 352 g/mol. The lowest BCUT2D eigenvalue weighted by Gasteiger charge is -2.35. The maximum Gasteiger partial charge on any atom is 0.108 e. The second-order valence-corrected chi connectivity index (χ2v) is 7.50. The van der Waals surface area contributed by atoms with E-state index in [1.165, 1.54) is 5.56 Å². The number of hydrogen-bond donors (Lipinski definition) is 2. The first-order chi connectivity index (χ1) is 13.7. The average molecular weight is 385 g/mol. The predicted molar refractivity (Wildman–Crippen MR) is 111 cm³/mol. The van der Waals surface area contributed by atoms with E-state index >= 15 is 0 Å². The maximum atomic E-state index is 10.6. The van der Waals surface area contributed by atoms with Crippen LogP contribution in [0.2, 0.25) is 0 Å². The number of rotatable bonds is 9. The Balaban J connectivity index is 1.57. The topological polar surface area (TPSA) is 56.2 Å². The molecule has 0 radical (unpaired) electrons. The molecule has 2 aromatic carbocycles. The number of ether oxygens (including phenoxy) is 1. The van der Waals surface area contributed by atoms with E-state index in [0.717, 1.165) is 43.9 Å². The molecule has 0 saturated carbocycles. The summed E-state index contributed by atoms with van der Waals surface area (Å²) >= 11 is 0. The zero-order chi connectivity index (χ0) is 19.8. The van der Waals surface area contributed by atoms with Crippen LogP contribution in [0.3, 0.4) is 0 Å². The van der Waals surface area contributed by atoms with Crippen LogP contribution in [0.5, 0.6) is 0 Å². The van der Waals surface area contributed by atoms with Gasteiger partial charge < -0.3 is 14.9 Å². The van der Waals surface area contributed by atoms with Crippen LogP contribution in [-0.2, 0) is 4.74 Å². The van der Waals surface area contributed by atoms with E-state index in [4.69, 9.17) is 9.84 Å². The molecule has 0 spiro atoms. The fourth-order valence-electron chi connectivity index (χ4n) is 3.77. The first-order valence-electron chi connectivity index (χ1n) is 10.1. The number of benzene rings is 2. The van der Waals surface area contributed by atoms with Crippen LogP contribution < -0.4 is 0 Å². The standard InChI is InChI=1S/C23H32N2O3/c1-19-7-5-6-10-22(19)23(20-8-3-2-4-9-20)28-18-21(27)17-25-13-11-24(12-14-25)15-16-26/h2-10,21,23,26-27H,11-18H2,1H3/t21-,23+/m1/s1. The predicted octanol–water partition coefficient (Wildman–Crippen LogP) is 2.07. The molecule has 1 aliphatic rings. The fraction of sp³-hybridized carbons (Fsp3) is 0.478. The van der Waals surface area contributed by atoms with Crippen LogP contribution in [-0.4, -0.2) is 78.6 Å². The summed E-state index contributed by atoms with van der Waals surface area (Å²) in [6.07, 6.45) is -0.710. The summed E-state index contributed by atoms with van der Waals surface area (Å²) in [7, 11) is 0. The first kappa shape index (κ1) is 21.0. The van der Waals surface area contributed by atoms with Gasteiger partial charge in [0, 0.05) is 39.3 Å². The minimum Gasteiger partial charge on any atom is -0.395 e. The van der Waals surface area contributed by atoms with Gasteiger partial charge in [-0.05, 0) is 23.6 Å². The third-order valence-corrected chi connectivity index (χ3v) is 5.38. The van der Waals surface area contributed by atoms with Gasteiger partial charge in [-0.2, -0.15) is 0 Å². The molecule has 2 aromatic rings. The molecule has 5 heteroatoms. The molecule has 5 nitrogen and oxygen atoms in total. The number of nitrogens with zero attached hydrogens (tertiary/aromatic N) is 2. The zero-order valence-corrected chi connectivity index (χ0v) is 16.7. The van der Waals surface area contributed by atoms with E-state index < -0.39 is 6.10 Å². The molecule has 1 heterocycles. The van der Waals surface area contributed by atoms with Gasteiger partial charge in [0.2, 0.25) is 0 Å². The fourth-order valence-corrected chi connectivity index (χ4v) is 3.77. The Labute approximate surface area is 168 Å². The second kappa shape index (κ2) is 10.7. The van der Waals surface area contributed by atoms with Crippen molar-refractivity contribution in [2.75, 3.05) is 52.5 Å². The summed E-state index contributed by atoms with van der Waals surface area (Å²) in [4.78, 5) is 4.52. The van der Waals surface area contributed by atoms with Crippen molar-refractivity contribution in [3.05, 3.63) is 71.3 Å². The highest BCUT2D eigenvalue weighted by atomic mass is 16.5. The largest absolute Gasteiger partial charge is 0.395 e. The normalized spacial score (nSPS) is 18.1. The third-order valence-electron chi connectivity index (χ3n) is 5.38. The number of aliphatic hydroxyl groups is 2. The highest BCUT2D eigenvalue weighted by Crippen LogP contribution is 2.28. The minimum absolute atomic E-state index is 0.182. The van der Waals surface area contributed by atoms with Gasteiger partial charge in [-0.3, -0.25) is 9.80 Å². The second-order valence-electron chi connectivity index (χ2n) is 7.50. The Kier molecular flexibility index (Phi) is 8.01. The van der Waals surface area contributed by atoms with Gasteiger partial charge in [0.25, 0.3) is 0 Å². The van der Waals surface area contributed by atoms with Crippen molar-refractivity contribution in [1.82, 2.24) is 9.80 Å². The van der Waals surface area contributed by atoms with Gasteiger partial charge in [0.05, 0.1) is 19.3 Å². The van der Waals surface area contributed by atoms with Crippen molar-refractivity contribution in [1.29, 1.82) is 0 Å². The molecule has 1 fully saturated rings. The monoisotopic (exact) mass is 384 g/mol. The highest BCUT2D eigenvalue weighted by Gasteiger charge is 2.21. The average Bonchev–Trinajstić information content (AvgIpc) is 2.72. The summed E-state index contributed by atoms with van der Waals surface area (Å²) in [5.74, 6) is 0. The Morgan fingerprint density at radius 1 is 0.929 bits per heavy atom. The quantitative estimate of drug-likeness (QED) is 0.693. The SMILES string of the molecule is Cc1ccccc1[C@@H](OC[C@H](O)CN1CCN(CCO)CC1)c1ccccc1. The lowest BCUT2D eigenvalue weighted by molar-refractivity contribution is -0.0151. The molecule has 0 aromatic heterocycles. The minimum atomic E-state index is -0.528. The molecule has 152 valence electrons. The van der Waals surface area contributed by atoms with E-state index in [1.807, 2.05) is 30.3 Å². The molecular formula is C23H32N2O3. The number of hydrogen-bond acceptors (Lipinski definition) is 5. The molecule has 1 saturated heterocycles. The van der Waals surface area contributed by atoms with Gasteiger partial charge in [-0.1, -0.05) is 54.6 Å². The molecule has 0 aliphatic carbocycles.